The third-order valence-electron chi connectivity index (χ3n) is 2.45. The first-order valence-electron chi connectivity index (χ1n) is 5.29. The lowest BCUT2D eigenvalue weighted by atomic mass is 10.2. The van der Waals surface area contributed by atoms with Crippen molar-refractivity contribution < 1.29 is 19.7 Å². The number of hydrogen-bond donors (Lipinski definition) is 0. The van der Waals surface area contributed by atoms with Gasteiger partial charge in [0.1, 0.15) is 0 Å². The van der Waals surface area contributed by atoms with Crippen LogP contribution in [-0.4, -0.2) is 39.9 Å². The molecule has 0 radical (unpaired) electrons. The number of hydrogen-bond acceptors (Lipinski definition) is 11. The minimum absolute atomic E-state index is 0.299. The molecule has 2 rings (SSSR count). The quantitative estimate of drug-likeness (QED) is 0.537. The highest BCUT2D eigenvalue weighted by molar-refractivity contribution is 5.73. The van der Waals surface area contributed by atoms with Crippen LogP contribution in [0.15, 0.2) is 12.1 Å². The van der Waals surface area contributed by atoms with E-state index >= 15 is 0 Å². The Morgan fingerprint density at radius 1 is 0.826 bits per heavy atom. The van der Waals surface area contributed by atoms with E-state index in [1.54, 1.807) is 0 Å². The van der Waals surface area contributed by atoms with Gasteiger partial charge in [-0.25, -0.2) is 0 Å². The molecule has 0 aliphatic rings. The van der Waals surface area contributed by atoms with Gasteiger partial charge in [0, 0.05) is 6.07 Å². The highest BCUT2D eigenvalue weighted by atomic mass is 16.7. The molecule has 0 aliphatic heterocycles. The molecule has 0 atom stereocenters. The van der Waals surface area contributed by atoms with Crippen molar-refractivity contribution in [3.8, 4) is 5.69 Å². The Labute approximate surface area is 122 Å². The normalized spacial score (nSPS) is 10.3. The largest absolute Gasteiger partial charge is 0.515 e. The summed E-state index contributed by atoms with van der Waals surface area (Å²) in [5.74, 6) is -1.01. The molecule has 0 bridgehead atoms. The lowest BCUT2D eigenvalue weighted by Crippen LogP contribution is -2.08. The molecule has 1 heterocycles. The van der Waals surface area contributed by atoms with Crippen LogP contribution in [0, 0.1) is 40.5 Å². The molecule has 0 aliphatic carbocycles. The molecule has 16 heteroatoms. The monoisotopic (exact) mass is 326 g/mol. The summed E-state index contributed by atoms with van der Waals surface area (Å²) in [5.41, 5.74) is -4.51. The Kier molecular flexibility index (Phi) is 3.55. The molecule has 0 saturated carbocycles. The molecule has 0 N–H and O–H groups in total. The van der Waals surface area contributed by atoms with Crippen molar-refractivity contribution in [2.24, 2.45) is 0 Å². The van der Waals surface area contributed by atoms with Gasteiger partial charge < -0.3 is 10.1 Å². The van der Waals surface area contributed by atoms with E-state index in [2.05, 4.69) is 15.4 Å². The van der Waals surface area contributed by atoms with Crippen molar-refractivity contribution in [3.63, 3.8) is 0 Å². The molecule has 0 saturated heterocycles. The Morgan fingerprint density at radius 2 is 1.43 bits per heavy atom. The van der Waals surface area contributed by atoms with Gasteiger partial charge in [-0.2, -0.15) is 0 Å². The second-order valence-electron chi connectivity index (χ2n) is 3.71. The van der Waals surface area contributed by atoms with Crippen LogP contribution >= 0.6 is 0 Å². The molecule has 0 spiro atoms. The van der Waals surface area contributed by atoms with Gasteiger partial charge in [0.05, 0.1) is 30.2 Å². The van der Waals surface area contributed by atoms with E-state index in [0.717, 1.165) is 6.07 Å². The van der Waals surface area contributed by atoms with Crippen molar-refractivity contribution in [1.82, 2.24) is 20.2 Å². The summed E-state index contributed by atoms with van der Waals surface area (Å²) in [5, 5.41) is 52.7. The first kappa shape index (κ1) is 15.3. The molecule has 16 nitrogen and oxygen atoms in total. The van der Waals surface area contributed by atoms with E-state index in [1.165, 1.54) is 0 Å². The lowest BCUT2D eigenvalue weighted by molar-refractivity contribution is -0.440. The summed E-state index contributed by atoms with van der Waals surface area (Å²) >= 11 is 0. The molecule has 0 fully saturated rings. The van der Waals surface area contributed by atoms with Gasteiger partial charge in [-0.3, -0.25) is 30.3 Å². The van der Waals surface area contributed by atoms with Crippen LogP contribution in [0.3, 0.4) is 0 Å². The van der Waals surface area contributed by atoms with Gasteiger partial charge >= 0.3 is 23.0 Å². The smallest absolute Gasteiger partial charge is 0.390 e. The zero-order valence-electron chi connectivity index (χ0n) is 10.5. The molecule has 2 aromatic rings. The summed E-state index contributed by atoms with van der Waals surface area (Å²) < 4.78 is 0. The summed E-state index contributed by atoms with van der Waals surface area (Å²) in [7, 11) is 0. The van der Waals surface area contributed by atoms with Crippen LogP contribution in [0.5, 0.6) is 0 Å². The van der Waals surface area contributed by atoms with Crippen molar-refractivity contribution in [2.45, 2.75) is 0 Å². The lowest BCUT2D eigenvalue weighted by Gasteiger charge is -2.00. The van der Waals surface area contributed by atoms with Crippen molar-refractivity contribution in [2.75, 3.05) is 0 Å². The highest BCUT2D eigenvalue weighted by Crippen LogP contribution is 2.40. The van der Waals surface area contributed by atoms with Crippen LogP contribution in [0.2, 0.25) is 0 Å². The Bertz CT molecular complexity index is 858. The fourth-order valence-corrected chi connectivity index (χ4v) is 1.61. The van der Waals surface area contributed by atoms with E-state index in [0.29, 0.717) is 10.9 Å². The minimum atomic E-state index is -1.41. The first-order valence-corrected chi connectivity index (χ1v) is 5.29. The number of benzene rings is 1. The van der Waals surface area contributed by atoms with Crippen molar-refractivity contribution >= 4 is 23.0 Å². The first-order chi connectivity index (χ1) is 10.7. The van der Waals surface area contributed by atoms with Crippen LogP contribution < -0.4 is 0 Å². The fraction of sp³-hybridized carbons (Fsp3) is 0. The molecule has 0 amide bonds. The molecular formula is C7H2N8O8. The molecule has 23 heavy (non-hydrogen) atoms. The predicted octanol–water partition coefficient (Wildman–Crippen LogP) is 0.295. The van der Waals surface area contributed by atoms with E-state index in [1.807, 2.05) is 0 Å². The fourth-order valence-electron chi connectivity index (χ4n) is 1.61. The van der Waals surface area contributed by atoms with Crippen LogP contribution in [0.25, 0.3) is 5.69 Å². The topological polar surface area (TPSA) is 216 Å². The summed E-state index contributed by atoms with van der Waals surface area (Å²) in [6.45, 7) is 0. The van der Waals surface area contributed by atoms with E-state index < -0.39 is 48.4 Å². The van der Waals surface area contributed by atoms with Crippen LogP contribution in [0.4, 0.5) is 23.0 Å². The third kappa shape index (κ3) is 2.57. The minimum Gasteiger partial charge on any atom is -0.390 e. The van der Waals surface area contributed by atoms with Gasteiger partial charge in [-0.05, 0) is 15.8 Å². The molecule has 118 valence electrons. The second-order valence-corrected chi connectivity index (χ2v) is 3.71. The summed E-state index contributed by atoms with van der Waals surface area (Å²) in [4.78, 5) is 38.8. The summed E-state index contributed by atoms with van der Waals surface area (Å²) in [6, 6.07) is 1.37. The zero-order chi connectivity index (χ0) is 17.3. The Hall–Kier alpha value is -4.11. The number of nitrogens with zero attached hydrogens (tertiary/aromatic N) is 8. The number of tetrazole rings is 1. The van der Waals surface area contributed by atoms with Crippen LogP contribution in [-0.2, 0) is 0 Å². The van der Waals surface area contributed by atoms with E-state index in [9.17, 15) is 40.5 Å². The number of aromatic nitrogens is 4. The molecule has 1 aromatic heterocycles. The molecule has 1 aromatic carbocycles. The zero-order valence-corrected chi connectivity index (χ0v) is 10.5. The maximum Gasteiger partial charge on any atom is 0.515 e. The van der Waals surface area contributed by atoms with Gasteiger partial charge in [0.2, 0.25) is 0 Å². The van der Waals surface area contributed by atoms with Gasteiger partial charge in [-0.1, -0.05) is 0 Å². The molecular weight excluding hydrogens is 324 g/mol. The molecule has 0 unspecified atom stereocenters. The van der Waals surface area contributed by atoms with Gasteiger partial charge in [-0.15, -0.1) is 0 Å². The maximum absolute atomic E-state index is 11.1. The Morgan fingerprint density at radius 3 is 1.87 bits per heavy atom. The standard InChI is InChI=1S/C7H2N8O8/c16-12(17)4-2-1-3(5(13(18)19)6(4)14(20)21)11-9-7(8-10-11)15(22)23/h1-2H. The number of nitro benzene ring substituents is 3. The highest BCUT2D eigenvalue weighted by Gasteiger charge is 2.41. The van der Waals surface area contributed by atoms with Crippen LogP contribution in [0.1, 0.15) is 0 Å². The van der Waals surface area contributed by atoms with Crippen molar-refractivity contribution in [3.05, 3.63) is 52.6 Å². The SMILES string of the molecule is O=[N+]([O-])c1nnn(-c2ccc([N+](=O)[O-])c([N+](=O)[O-])c2[N+](=O)[O-])n1. The van der Waals surface area contributed by atoms with E-state index in [-0.39, 0.29) is 0 Å². The number of rotatable bonds is 5. The van der Waals surface area contributed by atoms with Gasteiger partial charge in [0.25, 0.3) is 0 Å². The summed E-state index contributed by atoms with van der Waals surface area (Å²) in [6.07, 6.45) is 0. The third-order valence-corrected chi connectivity index (χ3v) is 2.45. The average molecular weight is 326 g/mol. The predicted molar refractivity (Wildman–Crippen MR) is 65.8 cm³/mol. The van der Waals surface area contributed by atoms with Gasteiger partial charge in [0.15, 0.2) is 5.69 Å². The van der Waals surface area contributed by atoms with E-state index in [4.69, 9.17) is 0 Å². The Balaban J connectivity index is 2.81. The average Bonchev–Trinajstić information content (AvgIpc) is 2.95. The second kappa shape index (κ2) is 5.35. The maximum atomic E-state index is 11.1. The van der Waals surface area contributed by atoms with Crippen molar-refractivity contribution in [1.29, 1.82) is 0 Å². The number of nitro groups is 4.